The normalized spacial score (nSPS) is 12.6. The Labute approximate surface area is 126 Å². The number of benzene rings is 1. The number of rotatable bonds is 6. The molecule has 1 amide bonds. The zero-order chi connectivity index (χ0) is 15.4. The molecule has 1 unspecified atom stereocenters. The van der Waals surface area contributed by atoms with Crippen LogP contribution in [0.15, 0.2) is 18.2 Å². The first-order valence-electron chi connectivity index (χ1n) is 7.66. The highest BCUT2D eigenvalue weighted by molar-refractivity contribution is 5.99. The molecule has 0 aliphatic rings. The van der Waals surface area contributed by atoms with E-state index in [0.717, 1.165) is 35.9 Å². The van der Waals surface area contributed by atoms with E-state index < -0.39 is 0 Å². The van der Waals surface area contributed by atoms with Gasteiger partial charge in [-0.25, -0.2) is 0 Å². The fourth-order valence-electron chi connectivity index (χ4n) is 2.57. The number of unbranched alkanes of at least 4 members (excludes halogenated alkanes) is 1. The van der Waals surface area contributed by atoms with Crippen molar-refractivity contribution in [1.29, 1.82) is 0 Å². The molecule has 1 aromatic heterocycles. The minimum atomic E-state index is -0.0401. The van der Waals surface area contributed by atoms with Gasteiger partial charge in [-0.1, -0.05) is 19.8 Å². The van der Waals surface area contributed by atoms with E-state index in [9.17, 15) is 4.79 Å². The maximum absolute atomic E-state index is 12.4. The molecule has 0 radical (unpaired) electrons. The Balaban J connectivity index is 2.17. The zero-order valence-corrected chi connectivity index (χ0v) is 13.1. The number of nitrogens with two attached hydrogens (primary N) is 1. The van der Waals surface area contributed by atoms with Crippen molar-refractivity contribution in [1.82, 2.24) is 10.3 Å². The van der Waals surface area contributed by atoms with E-state index in [-0.39, 0.29) is 11.9 Å². The summed E-state index contributed by atoms with van der Waals surface area (Å²) in [6.45, 7) is 6.74. The van der Waals surface area contributed by atoms with Gasteiger partial charge in [-0.05, 0) is 44.0 Å². The first-order chi connectivity index (χ1) is 10.1. The molecule has 2 rings (SSSR count). The van der Waals surface area contributed by atoms with Crippen LogP contribution in [0.2, 0.25) is 0 Å². The number of carbonyl (C=O) groups is 1. The van der Waals surface area contributed by atoms with Gasteiger partial charge in [0.25, 0.3) is 5.91 Å². The molecule has 21 heavy (non-hydrogen) atoms. The fraction of sp³-hybridized carbons (Fsp3) is 0.471. The van der Waals surface area contributed by atoms with Crippen LogP contribution in [0.1, 0.15) is 47.8 Å². The molecule has 0 aliphatic heterocycles. The molecule has 4 nitrogen and oxygen atoms in total. The highest BCUT2D eigenvalue weighted by atomic mass is 16.1. The fourth-order valence-corrected chi connectivity index (χ4v) is 2.57. The van der Waals surface area contributed by atoms with E-state index in [2.05, 4.69) is 24.1 Å². The van der Waals surface area contributed by atoms with Crippen LogP contribution in [-0.4, -0.2) is 23.5 Å². The first-order valence-corrected chi connectivity index (χ1v) is 7.66. The van der Waals surface area contributed by atoms with E-state index in [1.165, 1.54) is 5.56 Å². The number of hydrogen-bond acceptors (Lipinski definition) is 2. The Hall–Kier alpha value is -1.81. The van der Waals surface area contributed by atoms with Crippen molar-refractivity contribution in [2.24, 2.45) is 5.73 Å². The van der Waals surface area contributed by atoms with Crippen molar-refractivity contribution in [3.8, 4) is 0 Å². The molecule has 0 saturated heterocycles. The van der Waals surface area contributed by atoms with Gasteiger partial charge in [0.2, 0.25) is 0 Å². The average molecular weight is 287 g/mol. The summed E-state index contributed by atoms with van der Waals surface area (Å²) in [6, 6.07) is 5.84. The Bertz CT molecular complexity index is 630. The molecule has 2 aromatic rings. The minimum Gasteiger partial charge on any atom is -0.358 e. The second kappa shape index (κ2) is 6.76. The number of aromatic nitrogens is 1. The maximum Gasteiger partial charge on any atom is 0.251 e. The van der Waals surface area contributed by atoms with Crippen molar-refractivity contribution in [2.45, 2.75) is 46.1 Å². The molecular weight excluding hydrogens is 262 g/mol. The molecule has 114 valence electrons. The molecule has 0 bridgehead atoms. The number of aryl methyl sites for hydroxylation is 2. The van der Waals surface area contributed by atoms with E-state index in [1.54, 1.807) is 0 Å². The minimum absolute atomic E-state index is 0.0401. The average Bonchev–Trinajstić information content (AvgIpc) is 2.78. The summed E-state index contributed by atoms with van der Waals surface area (Å²) >= 11 is 0. The van der Waals surface area contributed by atoms with E-state index >= 15 is 0 Å². The van der Waals surface area contributed by atoms with Gasteiger partial charge >= 0.3 is 0 Å². The molecule has 0 spiro atoms. The van der Waals surface area contributed by atoms with Crippen LogP contribution in [-0.2, 0) is 0 Å². The molecule has 0 saturated carbocycles. The third kappa shape index (κ3) is 3.45. The van der Waals surface area contributed by atoms with E-state index in [1.807, 2.05) is 25.1 Å². The summed E-state index contributed by atoms with van der Waals surface area (Å²) in [5.74, 6) is -0.0401. The summed E-state index contributed by atoms with van der Waals surface area (Å²) in [6.07, 6.45) is 3.13. The molecule has 0 fully saturated rings. The Morgan fingerprint density at radius 2 is 2.14 bits per heavy atom. The summed E-state index contributed by atoms with van der Waals surface area (Å²) < 4.78 is 0. The topological polar surface area (TPSA) is 70.9 Å². The number of carbonyl (C=O) groups excluding carboxylic acids is 1. The molecule has 1 aromatic carbocycles. The van der Waals surface area contributed by atoms with Gasteiger partial charge in [-0.2, -0.15) is 0 Å². The third-order valence-corrected chi connectivity index (χ3v) is 4.10. The Kier molecular flexibility index (Phi) is 5.02. The van der Waals surface area contributed by atoms with Crippen LogP contribution < -0.4 is 11.1 Å². The van der Waals surface area contributed by atoms with Gasteiger partial charge < -0.3 is 16.0 Å². The maximum atomic E-state index is 12.4. The monoisotopic (exact) mass is 287 g/mol. The third-order valence-electron chi connectivity index (χ3n) is 4.10. The largest absolute Gasteiger partial charge is 0.358 e. The lowest BCUT2D eigenvalue weighted by atomic mass is 10.1. The van der Waals surface area contributed by atoms with E-state index in [4.69, 9.17) is 5.73 Å². The summed E-state index contributed by atoms with van der Waals surface area (Å²) in [5.41, 5.74) is 9.84. The number of nitrogens with one attached hydrogen (secondary N) is 2. The van der Waals surface area contributed by atoms with E-state index in [0.29, 0.717) is 12.1 Å². The Morgan fingerprint density at radius 3 is 2.81 bits per heavy atom. The zero-order valence-electron chi connectivity index (χ0n) is 13.1. The molecule has 4 heteroatoms. The van der Waals surface area contributed by atoms with Crippen molar-refractivity contribution in [3.05, 3.63) is 35.0 Å². The predicted molar refractivity (Wildman–Crippen MR) is 87.6 cm³/mol. The number of aromatic amines is 1. The molecule has 1 atom stereocenters. The summed E-state index contributed by atoms with van der Waals surface area (Å²) in [5, 5.41) is 4.14. The number of H-pyrrole nitrogens is 1. The predicted octanol–water partition coefficient (Wildman–Crippen LogP) is 3.03. The highest BCUT2D eigenvalue weighted by Gasteiger charge is 2.13. The summed E-state index contributed by atoms with van der Waals surface area (Å²) in [7, 11) is 0. The molecular formula is C17H25N3O. The number of hydrogen-bond donors (Lipinski definition) is 3. The van der Waals surface area contributed by atoms with Crippen LogP contribution in [0.4, 0.5) is 0 Å². The smallest absolute Gasteiger partial charge is 0.251 e. The van der Waals surface area contributed by atoms with Crippen LogP contribution >= 0.6 is 0 Å². The van der Waals surface area contributed by atoms with Crippen molar-refractivity contribution < 1.29 is 4.79 Å². The lowest BCUT2D eigenvalue weighted by Gasteiger charge is -2.16. The standard InChI is InChI=1S/C17H25N3O/c1-4-5-6-14(10-18)20-17(21)13-7-8-16-15(9-13)11(2)12(3)19-16/h7-9,14,19H,4-6,10,18H2,1-3H3,(H,20,21). The van der Waals surface area contributed by atoms with Gasteiger partial charge in [0.15, 0.2) is 0 Å². The lowest BCUT2D eigenvalue weighted by Crippen LogP contribution is -2.40. The van der Waals surface area contributed by atoms with Gasteiger partial charge in [-0.3, -0.25) is 4.79 Å². The van der Waals surface area contributed by atoms with Crippen LogP contribution in [0.25, 0.3) is 10.9 Å². The number of fused-ring (bicyclic) bond motifs is 1. The van der Waals surface area contributed by atoms with Gasteiger partial charge in [0, 0.05) is 34.7 Å². The molecule has 0 aliphatic carbocycles. The van der Waals surface area contributed by atoms with Gasteiger partial charge in [0.1, 0.15) is 0 Å². The second-order valence-electron chi connectivity index (χ2n) is 5.68. The van der Waals surface area contributed by atoms with Crippen LogP contribution in [0, 0.1) is 13.8 Å². The Morgan fingerprint density at radius 1 is 1.38 bits per heavy atom. The second-order valence-corrected chi connectivity index (χ2v) is 5.68. The molecule has 1 heterocycles. The van der Waals surface area contributed by atoms with Crippen molar-refractivity contribution >= 4 is 16.8 Å². The lowest BCUT2D eigenvalue weighted by molar-refractivity contribution is 0.0936. The van der Waals surface area contributed by atoms with Gasteiger partial charge in [0.05, 0.1) is 0 Å². The number of amides is 1. The first kappa shape index (κ1) is 15.6. The van der Waals surface area contributed by atoms with Crippen molar-refractivity contribution in [2.75, 3.05) is 6.54 Å². The van der Waals surface area contributed by atoms with Crippen molar-refractivity contribution in [3.63, 3.8) is 0 Å². The quantitative estimate of drug-likeness (QED) is 0.764. The van der Waals surface area contributed by atoms with Crippen LogP contribution in [0.5, 0.6) is 0 Å². The molecule has 4 N–H and O–H groups in total. The highest BCUT2D eigenvalue weighted by Crippen LogP contribution is 2.22. The SMILES string of the molecule is CCCCC(CN)NC(=O)c1ccc2[nH]c(C)c(C)c2c1. The van der Waals surface area contributed by atoms with Crippen LogP contribution in [0.3, 0.4) is 0 Å². The summed E-state index contributed by atoms with van der Waals surface area (Å²) in [4.78, 5) is 15.7. The van der Waals surface area contributed by atoms with Gasteiger partial charge in [-0.15, -0.1) is 0 Å².